The summed E-state index contributed by atoms with van der Waals surface area (Å²) in [5.74, 6) is 1.15. The van der Waals surface area contributed by atoms with Crippen molar-refractivity contribution in [3.05, 3.63) is 12.1 Å². The average molecular weight is 234 g/mol. The number of anilines is 2. The Morgan fingerprint density at radius 3 is 3.18 bits per heavy atom. The molecule has 6 heteroatoms. The molecule has 1 atom stereocenters. The normalized spacial score (nSPS) is 19.8. The van der Waals surface area contributed by atoms with Crippen LogP contribution in [0.1, 0.15) is 0 Å². The summed E-state index contributed by atoms with van der Waals surface area (Å²) < 4.78 is 10.3. The molecule has 0 radical (unpaired) electrons. The van der Waals surface area contributed by atoms with Gasteiger partial charge in [0.1, 0.15) is 5.82 Å². The lowest BCUT2D eigenvalue weighted by Crippen LogP contribution is -2.42. The van der Waals surface area contributed by atoms with E-state index in [0.717, 1.165) is 5.82 Å². The van der Waals surface area contributed by atoms with Gasteiger partial charge in [0.15, 0.2) is 6.10 Å². The van der Waals surface area contributed by atoms with Gasteiger partial charge in [-0.1, -0.05) is 0 Å². The van der Waals surface area contributed by atoms with Crippen molar-refractivity contribution < 1.29 is 9.47 Å². The fourth-order valence-corrected chi connectivity index (χ4v) is 1.72. The second-order valence-corrected chi connectivity index (χ2v) is 3.70. The molecular formula is C11H14N4O2. The molecule has 1 aliphatic rings. The van der Waals surface area contributed by atoms with Gasteiger partial charge >= 0.3 is 0 Å². The SMILES string of the molecule is COc1nc(N2CCOC(C#N)C2)ccc1N. The number of methoxy groups -OCH3 is 1. The quantitative estimate of drug-likeness (QED) is 0.797. The number of hydrogen-bond donors (Lipinski definition) is 1. The topological polar surface area (TPSA) is 84.4 Å². The van der Waals surface area contributed by atoms with Crippen LogP contribution in [0.2, 0.25) is 0 Å². The number of aromatic nitrogens is 1. The number of morpholine rings is 1. The molecule has 1 aliphatic heterocycles. The Morgan fingerprint density at radius 2 is 2.47 bits per heavy atom. The van der Waals surface area contributed by atoms with Crippen LogP contribution in [0.3, 0.4) is 0 Å². The van der Waals surface area contributed by atoms with Crippen molar-refractivity contribution >= 4 is 11.5 Å². The van der Waals surface area contributed by atoms with E-state index in [9.17, 15) is 0 Å². The van der Waals surface area contributed by atoms with Gasteiger partial charge in [0.2, 0.25) is 5.88 Å². The molecule has 2 N–H and O–H groups in total. The predicted molar refractivity (Wildman–Crippen MR) is 62.8 cm³/mol. The van der Waals surface area contributed by atoms with Crippen LogP contribution in [-0.4, -0.2) is 37.9 Å². The zero-order valence-corrected chi connectivity index (χ0v) is 9.59. The van der Waals surface area contributed by atoms with Crippen LogP contribution in [-0.2, 0) is 4.74 Å². The van der Waals surface area contributed by atoms with Crippen LogP contribution in [0, 0.1) is 11.3 Å². The van der Waals surface area contributed by atoms with E-state index in [-0.39, 0.29) is 0 Å². The first-order valence-electron chi connectivity index (χ1n) is 5.31. The molecular weight excluding hydrogens is 220 g/mol. The summed E-state index contributed by atoms with van der Waals surface area (Å²) in [4.78, 5) is 6.28. The molecule has 0 bridgehead atoms. The zero-order valence-electron chi connectivity index (χ0n) is 9.59. The average Bonchev–Trinajstić information content (AvgIpc) is 2.39. The van der Waals surface area contributed by atoms with Gasteiger partial charge in [-0.3, -0.25) is 0 Å². The number of ether oxygens (including phenoxy) is 2. The minimum absolute atomic E-state index is 0.405. The maximum absolute atomic E-state index is 8.83. The molecule has 0 aliphatic carbocycles. The first-order chi connectivity index (χ1) is 8.24. The molecule has 6 nitrogen and oxygen atoms in total. The summed E-state index contributed by atoms with van der Waals surface area (Å²) in [5.41, 5.74) is 6.20. The molecule has 0 saturated carbocycles. The highest BCUT2D eigenvalue weighted by Gasteiger charge is 2.21. The van der Waals surface area contributed by atoms with E-state index in [1.165, 1.54) is 7.11 Å². The van der Waals surface area contributed by atoms with Gasteiger partial charge in [0.05, 0.1) is 32.0 Å². The zero-order chi connectivity index (χ0) is 12.3. The number of hydrogen-bond acceptors (Lipinski definition) is 6. The highest BCUT2D eigenvalue weighted by atomic mass is 16.5. The van der Waals surface area contributed by atoms with E-state index in [1.807, 2.05) is 11.0 Å². The summed E-state index contributed by atoms with van der Waals surface area (Å²) in [7, 11) is 1.53. The summed E-state index contributed by atoms with van der Waals surface area (Å²) in [6, 6.07) is 5.66. The van der Waals surface area contributed by atoms with Crippen molar-refractivity contribution in [2.24, 2.45) is 0 Å². The third-order valence-electron chi connectivity index (χ3n) is 2.60. The number of rotatable bonds is 2. The molecule has 1 aromatic rings. The largest absolute Gasteiger partial charge is 0.479 e. The lowest BCUT2D eigenvalue weighted by molar-refractivity contribution is 0.0761. The van der Waals surface area contributed by atoms with E-state index >= 15 is 0 Å². The van der Waals surface area contributed by atoms with Gasteiger partial charge < -0.3 is 20.1 Å². The lowest BCUT2D eigenvalue weighted by Gasteiger charge is -2.30. The molecule has 0 amide bonds. The Balaban J connectivity index is 2.19. The van der Waals surface area contributed by atoms with E-state index in [1.54, 1.807) is 6.07 Å². The van der Waals surface area contributed by atoms with Gasteiger partial charge in [-0.2, -0.15) is 10.2 Å². The smallest absolute Gasteiger partial charge is 0.238 e. The van der Waals surface area contributed by atoms with Crippen molar-refractivity contribution in [3.8, 4) is 11.9 Å². The van der Waals surface area contributed by atoms with E-state index in [2.05, 4.69) is 11.1 Å². The molecule has 2 rings (SSSR count). The predicted octanol–water partition coefficient (Wildman–Crippen LogP) is 0.401. The van der Waals surface area contributed by atoms with E-state index in [0.29, 0.717) is 31.3 Å². The molecule has 2 heterocycles. The second kappa shape index (κ2) is 4.89. The standard InChI is InChI=1S/C11H14N4O2/c1-16-11-9(13)2-3-10(14-11)15-4-5-17-8(6-12)7-15/h2-3,8H,4-5,7,13H2,1H3. The van der Waals surface area contributed by atoms with Crippen LogP contribution in [0.15, 0.2) is 12.1 Å². The molecule has 90 valence electrons. The van der Waals surface area contributed by atoms with Gasteiger partial charge in [0, 0.05) is 6.54 Å². The maximum atomic E-state index is 8.83. The summed E-state index contributed by atoms with van der Waals surface area (Å²) in [5, 5.41) is 8.83. The fourth-order valence-electron chi connectivity index (χ4n) is 1.72. The van der Waals surface area contributed by atoms with Crippen LogP contribution >= 0.6 is 0 Å². The van der Waals surface area contributed by atoms with Crippen molar-refractivity contribution in [2.75, 3.05) is 37.4 Å². The molecule has 0 aromatic carbocycles. The molecule has 1 aromatic heterocycles. The molecule has 1 unspecified atom stereocenters. The van der Waals surface area contributed by atoms with Crippen molar-refractivity contribution in [2.45, 2.75) is 6.10 Å². The van der Waals surface area contributed by atoms with Crippen molar-refractivity contribution in [1.29, 1.82) is 5.26 Å². The Bertz CT molecular complexity index is 444. The van der Waals surface area contributed by atoms with Gasteiger partial charge in [-0.05, 0) is 12.1 Å². The first-order valence-corrected chi connectivity index (χ1v) is 5.31. The second-order valence-electron chi connectivity index (χ2n) is 3.70. The van der Waals surface area contributed by atoms with Crippen LogP contribution in [0.5, 0.6) is 5.88 Å². The van der Waals surface area contributed by atoms with E-state index in [4.69, 9.17) is 20.5 Å². The minimum Gasteiger partial charge on any atom is -0.479 e. The molecule has 1 saturated heterocycles. The number of nitriles is 1. The van der Waals surface area contributed by atoms with Crippen molar-refractivity contribution in [1.82, 2.24) is 4.98 Å². The van der Waals surface area contributed by atoms with Crippen LogP contribution < -0.4 is 15.4 Å². The molecule has 1 fully saturated rings. The maximum Gasteiger partial charge on any atom is 0.238 e. The lowest BCUT2D eigenvalue weighted by atomic mass is 10.3. The highest BCUT2D eigenvalue weighted by molar-refractivity contribution is 5.54. The summed E-state index contributed by atoms with van der Waals surface area (Å²) in [6.07, 6.45) is -0.408. The summed E-state index contributed by atoms with van der Waals surface area (Å²) >= 11 is 0. The number of nitrogens with zero attached hydrogens (tertiary/aromatic N) is 3. The number of nitrogen functional groups attached to an aromatic ring is 1. The fraction of sp³-hybridized carbons (Fsp3) is 0.455. The van der Waals surface area contributed by atoms with E-state index < -0.39 is 6.10 Å². The number of nitrogens with two attached hydrogens (primary N) is 1. The molecule has 0 spiro atoms. The third kappa shape index (κ3) is 2.40. The minimum atomic E-state index is -0.408. The van der Waals surface area contributed by atoms with Crippen molar-refractivity contribution in [3.63, 3.8) is 0 Å². The monoisotopic (exact) mass is 234 g/mol. The Labute approximate surface area is 99.6 Å². The Kier molecular flexibility index (Phi) is 3.30. The third-order valence-corrected chi connectivity index (χ3v) is 2.60. The first kappa shape index (κ1) is 11.5. The van der Waals surface area contributed by atoms with Gasteiger partial charge in [-0.25, -0.2) is 0 Å². The van der Waals surface area contributed by atoms with Gasteiger partial charge in [0.25, 0.3) is 0 Å². The van der Waals surface area contributed by atoms with Gasteiger partial charge in [-0.15, -0.1) is 0 Å². The summed E-state index contributed by atoms with van der Waals surface area (Å²) in [6.45, 7) is 1.74. The van der Waals surface area contributed by atoms with Crippen LogP contribution in [0.25, 0.3) is 0 Å². The highest BCUT2D eigenvalue weighted by Crippen LogP contribution is 2.23. The Hall–Kier alpha value is -2.00. The number of pyridine rings is 1. The Morgan fingerprint density at radius 1 is 1.65 bits per heavy atom. The molecule has 17 heavy (non-hydrogen) atoms. The van der Waals surface area contributed by atoms with Crippen LogP contribution in [0.4, 0.5) is 11.5 Å².